The largest absolute Gasteiger partial charge is 0.433 e. The third kappa shape index (κ3) is 8.16. The first-order valence-electron chi connectivity index (χ1n) is 10.1. The van der Waals surface area contributed by atoms with Crippen LogP contribution in [0.15, 0.2) is 30.3 Å². The predicted molar refractivity (Wildman–Crippen MR) is 118 cm³/mol. The molecule has 6 nitrogen and oxygen atoms in total. The quantitative estimate of drug-likeness (QED) is 0.400. The first-order chi connectivity index (χ1) is 15.3. The molecule has 0 atom stereocenters. The number of nitrogens with one attached hydrogen (secondary N) is 2. The lowest BCUT2D eigenvalue weighted by molar-refractivity contribution is -0.141. The second kappa shape index (κ2) is 10.8. The minimum Gasteiger partial charge on any atom is -0.348 e. The lowest BCUT2D eigenvalue weighted by atomic mass is 10.1. The molecule has 2 rings (SSSR count). The third-order valence-corrected chi connectivity index (χ3v) is 5.16. The van der Waals surface area contributed by atoms with Gasteiger partial charge in [-0.15, -0.1) is 0 Å². The summed E-state index contributed by atoms with van der Waals surface area (Å²) in [4.78, 5) is 15.9. The van der Waals surface area contributed by atoms with Gasteiger partial charge in [0, 0.05) is 18.3 Å². The van der Waals surface area contributed by atoms with E-state index in [4.69, 9.17) is 0 Å². The standard InChI is InChI=1S/C22H25F4N3O3S/c1-4-5-6-18-16(7-9-19(28-18)22(24,25)26)8-10-20(30)27-13-15-11-14(2)21(17(23)12-15)29-33(3,31)32/h7-12,29H,4-6,13H2,1-3H3,(H,27,30). The van der Waals surface area contributed by atoms with Crippen LogP contribution >= 0.6 is 0 Å². The number of anilines is 1. The molecule has 0 fully saturated rings. The van der Waals surface area contributed by atoms with E-state index < -0.39 is 33.6 Å². The molecule has 0 spiro atoms. The Balaban J connectivity index is 2.11. The van der Waals surface area contributed by atoms with Crippen LogP contribution in [0.4, 0.5) is 23.2 Å². The van der Waals surface area contributed by atoms with Gasteiger partial charge in [-0.3, -0.25) is 9.52 Å². The van der Waals surface area contributed by atoms with E-state index in [2.05, 4.69) is 15.0 Å². The number of alkyl halides is 3. The Morgan fingerprint density at radius 3 is 2.48 bits per heavy atom. The zero-order valence-corrected chi connectivity index (χ0v) is 19.2. The molecule has 0 unspecified atom stereocenters. The summed E-state index contributed by atoms with van der Waals surface area (Å²) >= 11 is 0. The molecule has 2 aromatic rings. The fourth-order valence-corrected chi connectivity index (χ4v) is 3.64. The van der Waals surface area contributed by atoms with Crippen molar-refractivity contribution in [1.82, 2.24) is 10.3 Å². The number of hydrogen-bond donors (Lipinski definition) is 2. The molecule has 0 aliphatic heterocycles. The van der Waals surface area contributed by atoms with Crippen molar-refractivity contribution >= 4 is 27.7 Å². The van der Waals surface area contributed by atoms with Crippen LogP contribution in [-0.4, -0.2) is 25.6 Å². The smallest absolute Gasteiger partial charge is 0.348 e. The number of nitrogens with zero attached hydrogens (tertiary/aromatic N) is 1. The summed E-state index contributed by atoms with van der Waals surface area (Å²) in [5, 5.41) is 2.56. The summed E-state index contributed by atoms with van der Waals surface area (Å²) in [6.07, 6.45) is 0.675. The van der Waals surface area contributed by atoms with E-state index in [-0.39, 0.29) is 17.9 Å². The summed E-state index contributed by atoms with van der Waals surface area (Å²) in [6, 6.07) is 4.78. The Labute approximate surface area is 190 Å². The van der Waals surface area contributed by atoms with Gasteiger partial charge in [0.1, 0.15) is 11.5 Å². The number of carbonyl (C=O) groups excluding carboxylic acids is 1. The van der Waals surface area contributed by atoms with Crippen LogP contribution < -0.4 is 10.0 Å². The highest BCUT2D eigenvalue weighted by atomic mass is 32.2. The zero-order chi connectivity index (χ0) is 24.8. The third-order valence-electron chi connectivity index (χ3n) is 4.58. The molecular weight excluding hydrogens is 462 g/mol. The lowest BCUT2D eigenvalue weighted by Gasteiger charge is -2.12. The van der Waals surface area contributed by atoms with E-state index in [1.165, 1.54) is 31.2 Å². The van der Waals surface area contributed by atoms with Gasteiger partial charge in [-0.25, -0.2) is 17.8 Å². The molecule has 33 heavy (non-hydrogen) atoms. The number of aryl methyl sites for hydroxylation is 2. The molecule has 1 aromatic heterocycles. The molecule has 180 valence electrons. The van der Waals surface area contributed by atoms with Crippen LogP contribution in [-0.2, 0) is 34.0 Å². The van der Waals surface area contributed by atoms with Crippen molar-refractivity contribution in [3.8, 4) is 0 Å². The van der Waals surface area contributed by atoms with Crippen molar-refractivity contribution in [3.05, 3.63) is 64.2 Å². The summed E-state index contributed by atoms with van der Waals surface area (Å²) in [7, 11) is -3.65. The molecule has 1 heterocycles. The maximum Gasteiger partial charge on any atom is 0.433 e. The van der Waals surface area contributed by atoms with Gasteiger partial charge in [0.05, 0.1) is 11.9 Å². The molecule has 1 amide bonds. The number of carbonyl (C=O) groups is 1. The Morgan fingerprint density at radius 2 is 1.91 bits per heavy atom. The summed E-state index contributed by atoms with van der Waals surface area (Å²) < 4.78 is 77.9. The van der Waals surface area contributed by atoms with Crippen molar-refractivity contribution in [2.75, 3.05) is 11.0 Å². The van der Waals surface area contributed by atoms with Gasteiger partial charge in [0.2, 0.25) is 15.9 Å². The molecule has 0 aliphatic carbocycles. The highest BCUT2D eigenvalue weighted by Gasteiger charge is 2.32. The molecule has 2 N–H and O–H groups in total. The van der Waals surface area contributed by atoms with Crippen LogP contribution in [0.5, 0.6) is 0 Å². The van der Waals surface area contributed by atoms with Gasteiger partial charge in [0.25, 0.3) is 0 Å². The van der Waals surface area contributed by atoms with Crippen molar-refractivity contribution < 1.29 is 30.8 Å². The molecule has 0 radical (unpaired) electrons. The first-order valence-corrected chi connectivity index (χ1v) is 12.0. The van der Waals surface area contributed by atoms with E-state index in [0.717, 1.165) is 24.8 Å². The molecular formula is C22H25F4N3O3S. The molecule has 0 saturated heterocycles. The van der Waals surface area contributed by atoms with E-state index in [9.17, 15) is 30.8 Å². The Morgan fingerprint density at radius 1 is 1.21 bits per heavy atom. The Hall–Kier alpha value is -2.95. The SMILES string of the molecule is CCCCc1nc(C(F)(F)F)ccc1C=CC(=O)NCc1cc(C)c(NS(C)(=O)=O)c(F)c1. The minimum atomic E-state index is -4.56. The van der Waals surface area contributed by atoms with Gasteiger partial charge in [-0.05, 0) is 54.7 Å². The van der Waals surface area contributed by atoms with Crippen LogP contribution in [0.25, 0.3) is 6.08 Å². The van der Waals surface area contributed by atoms with E-state index in [1.54, 1.807) is 0 Å². The summed E-state index contributed by atoms with van der Waals surface area (Å²) in [5.74, 6) is -1.32. The maximum absolute atomic E-state index is 14.3. The first kappa shape index (κ1) is 26.3. The number of amides is 1. The number of sulfonamides is 1. The van der Waals surface area contributed by atoms with Crippen LogP contribution in [0.3, 0.4) is 0 Å². The van der Waals surface area contributed by atoms with Crippen molar-refractivity contribution in [3.63, 3.8) is 0 Å². The lowest BCUT2D eigenvalue weighted by Crippen LogP contribution is -2.20. The highest BCUT2D eigenvalue weighted by molar-refractivity contribution is 7.92. The monoisotopic (exact) mass is 487 g/mol. The molecule has 1 aromatic carbocycles. The topological polar surface area (TPSA) is 88.2 Å². The van der Waals surface area contributed by atoms with E-state index in [1.807, 2.05) is 6.92 Å². The number of aromatic nitrogens is 1. The van der Waals surface area contributed by atoms with Gasteiger partial charge in [-0.2, -0.15) is 13.2 Å². The molecule has 11 heteroatoms. The second-order valence-corrected chi connectivity index (χ2v) is 9.28. The van der Waals surface area contributed by atoms with Crippen molar-refractivity contribution in [2.45, 2.75) is 45.8 Å². The number of hydrogen-bond acceptors (Lipinski definition) is 4. The minimum absolute atomic E-state index is 0.0337. The summed E-state index contributed by atoms with van der Waals surface area (Å²) in [5.41, 5.74) is 0.262. The predicted octanol–water partition coefficient (Wildman–Crippen LogP) is 4.59. The Bertz CT molecular complexity index is 1120. The van der Waals surface area contributed by atoms with Crippen LogP contribution in [0.1, 0.15) is 47.8 Å². The van der Waals surface area contributed by atoms with Crippen LogP contribution in [0.2, 0.25) is 0 Å². The van der Waals surface area contributed by atoms with Gasteiger partial charge in [-0.1, -0.05) is 25.5 Å². The van der Waals surface area contributed by atoms with E-state index >= 15 is 0 Å². The number of halogens is 4. The van der Waals surface area contributed by atoms with Crippen molar-refractivity contribution in [2.24, 2.45) is 0 Å². The molecule has 0 aliphatic rings. The van der Waals surface area contributed by atoms with E-state index in [0.29, 0.717) is 29.5 Å². The Kier molecular flexibility index (Phi) is 8.59. The second-order valence-electron chi connectivity index (χ2n) is 7.53. The summed E-state index contributed by atoms with van der Waals surface area (Å²) in [6.45, 7) is 3.40. The average Bonchev–Trinajstić information content (AvgIpc) is 2.70. The maximum atomic E-state index is 14.3. The van der Waals surface area contributed by atoms with Gasteiger partial charge >= 0.3 is 6.18 Å². The van der Waals surface area contributed by atoms with Gasteiger partial charge in [0.15, 0.2) is 0 Å². The average molecular weight is 488 g/mol. The zero-order valence-electron chi connectivity index (χ0n) is 18.4. The number of pyridine rings is 1. The van der Waals surface area contributed by atoms with Gasteiger partial charge < -0.3 is 5.32 Å². The number of unbranched alkanes of at least 4 members (excludes halogenated alkanes) is 1. The van der Waals surface area contributed by atoms with Crippen LogP contribution in [0, 0.1) is 12.7 Å². The normalized spacial score (nSPS) is 12.2. The number of benzene rings is 1. The highest BCUT2D eigenvalue weighted by Crippen LogP contribution is 2.29. The molecule has 0 saturated carbocycles. The van der Waals surface area contributed by atoms with Crippen molar-refractivity contribution in [1.29, 1.82) is 0 Å². The molecule has 0 bridgehead atoms. The number of rotatable bonds is 9. The fraction of sp³-hybridized carbons (Fsp3) is 0.364. The fourth-order valence-electron chi connectivity index (χ4n) is 3.01.